The molecule has 1 rings (SSSR count). The van der Waals surface area contributed by atoms with E-state index in [0.717, 1.165) is 11.4 Å². The van der Waals surface area contributed by atoms with Crippen LogP contribution in [0, 0.1) is 0 Å². The maximum Gasteiger partial charge on any atom is 0.0624 e. The Bertz CT molecular complexity index is 248. The lowest BCUT2D eigenvalue weighted by Gasteiger charge is -2.02. The van der Waals surface area contributed by atoms with Gasteiger partial charge in [0.25, 0.3) is 0 Å². The van der Waals surface area contributed by atoms with Crippen molar-refractivity contribution in [2.24, 2.45) is 0 Å². The van der Waals surface area contributed by atoms with E-state index in [2.05, 4.69) is 0 Å². The molecule has 0 saturated heterocycles. The lowest BCUT2D eigenvalue weighted by Crippen LogP contribution is -1.85. The molecule has 0 aliphatic heterocycles. The van der Waals surface area contributed by atoms with E-state index in [9.17, 15) is 0 Å². The number of benzene rings is 1. The summed E-state index contributed by atoms with van der Waals surface area (Å²) in [4.78, 5) is 0. The third-order valence-corrected chi connectivity index (χ3v) is 2.91. The minimum atomic E-state index is 0.666. The molecule has 0 N–H and O–H groups in total. The van der Waals surface area contributed by atoms with Crippen molar-refractivity contribution in [1.29, 1.82) is 0 Å². The van der Waals surface area contributed by atoms with Gasteiger partial charge in [-0.2, -0.15) is 0 Å². The van der Waals surface area contributed by atoms with Gasteiger partial charge in [-0.25, -0.2) is 0 Å². The lowest BCUT2D eigenvalue weighted by atomic mass is 10.2. The van der Waals surface area contributed by atoms with E-state index in [1.54, 1.807) is 0 Å². The van der Waals surface area contributed by atoms with Crippen LogP contribution < -0.4 is 0 Å². The molecule has 0 radical (unpaired) electrons. The van der Waals surface area contributed by atoms with Gasteiger partial charge in [0.15, 0.2) is 0 Å². The highest BCUT2D eigenvalue weighted by Crippen LogP contribution is 2.25. The third-order valence-electron chi connectivity index (χ3n) is 1.55. The summed E-state index contributed by atoms with van der Waals surface area (Å²) in [7, 11) is 1.22. The first-order valence-electron chi connectivity index (χ1n) is 3.68. The summed E-state index contributed by atoms with van der Waals surface area (Å²) >= 11 is 11.8. The molecule has 0 fully saturated rings. The third kappa shape index (κ3) is 2.22. The average Bonchev–Trinajstić information content (AvgIpc) is 1.99. The highest BCUT2D eigenvalue weighted by atomic mass is 35.5. The van der Waals surface area contributed by atoms with Gasteiger partial charge in [-0.3, -0.25) is 0 Å². The number of halogens is 2. The van der Waals surface area contributed by atoms with Crippen molar-refractivity contribution in [3.05, 3.63) is 33.8 Å². The molecule has 0 heterocycles. The average molecular weight is 205 g/mol. The van der Waals surface area contributed by atoms with E-state index >= 15 is 0 Å². The molecule has 0 aliphatic carbocycles. The molecule has 11 heavy (non-hydrogen) atoms. The van der Waals surface area contributed by atoms with Crippen LogP contribution >= 0.6 is 23.2 Å². The summed E-state index contributed by atoms with van der Waals surface area (Å²) in [6, 6.07) is 7.04. The normalized spacial score (nSPS) is 10.4. The maximum atomic E-state index is 5.96. The fourth-order valence-electron chi connectivity index (χ4n) is 1.01. The fourth-order valence-corrected chi connectivity index (χ4v) is 1.96. The van der Waals surface area contributed by atoms with Gasteiger partial charge in [-0.15, -0.1) is 0 Å². The molecule has 0 atom stereocenters. The Labute approximate surface area is 79.9 Å². The topological polar surface area (TPSA) is 0 Å². The molecule has 0 aromatic heterocycles. The van der Waals surface area contributed by atoms with Crippen molar-refractivity contribution in [1.82, 2.24) is 0 Å². The molecule has 0 bridgehead atoms. The van der Waals surface area contributed by atoms with Crippen molar-refractivity contribution in [3.63, 3.8) is 0 Å². The van der Waals surface area contributed by atoms with Crippen LogP contribution in [-0.2, 0) is 6.42 Å². The Morgan fingerprint density at radius 3 is 2.64 bits per heavy atom. The van der Waals surface area contributed by atoms with Gasteiger partial charge < -0.3 is 0 Å². The minimum Gasteiger partial charge on any atom is -0.0827 e. The van der Waals surface area contributed by atoms with Gasteiger partial charge in [0, 0.05) is 10.2 Å². The Morgan fingerprint density at radius 1 is 1.27 bits per heavy atom. The summed E-state index contributed by atoms with van der Waals surface area (Å²) in [6.07, 6.45) is 1.06. The van der Waals surface area contributed by atoms with Crippen LogP contribution in [0.25, 0.3) is 0 Å². The smallest absolute Gasteiger partial charge is 0.0624 e. The van der Waals surface area contributed by atoms with Crippen molar-refractivity contribution in [3.8, 4) is 0 Å². The molecule has 3 heteroatoms. The Morgan fingerprint density at radius 2 is 2.00 bits per heavy atom. The summed E-state index contributed by atoms with van der Waals surface area (Å²) in [6.45, 7) is 0. The molecule has 0 saturated carbocycles. The van der Waals surface area contributed by atoms with Crippen molar-refractivity contribution < 1.29 is 0 Å². The second-order valence-electron chi connectivity index (χ2n) is 2.46. The summed E-state index contributed by atoms with van der Waals surface area (Å²) in [5.41, 5.74) is 1.18. The fraction of sp³-hybridized carbons (Fsp3) is 0.250. The highest BCUT2D eigenvalue weighted by molar-refractivity contribution is 6.42. The SMILES string of the molecule is [SiH3]CCc1cccc(Cl)c1Cl. The first-order chi connectivity index (χ1) is 5.25. The molecule has 60 valence electrons. The van der Waals surface area contributed by atoms with Crippen molar-refractivity contribution in [2.45, 2.75) is 12.5 Å². The first-order valence-corrected chi connectivity index (χ1v) is 5.85. The van der Waals surface area contributed by atoms with E-state index < -0.39 is 0 Å². The van der Waals surface area contributed by atoms with E-state index in [-0.39, 0.29) is 0 Å². The second-order valence-corrected chi connectivity index (χ2v) is 4.25. The van der Waals surface area contributed by atoms with Crippen LogP contribution in [-0.4, -0.2) is 10.2 Å². The Hall–Kier alpha value is 0.0169. The van der Waals surface area contributed by atoms with Gasteiger partial charge in [0.2, 0.25) is 0 Å². The molecule has 0 spiro atoms. The zero-order valence-electron chi connectivity index (χ0n) is 6.40. The number of aryl methyl sites for hydroxylation is 1. The molecular weight excluding hydrogens is 195 g/mol. The molecular formula is C8H10Cl2Si. The van der Waals surface area contributed by atoms with E-state index in [1.165, 1.54) is 21.9 Å². The molecule has 0 aliphatic rings. The monoisotopic (exact) mass is 204 g/mol. The van der Waals surface area contributed by atoms with Gasteiger partial charge >= 0.3 is 0 Å². The second kappa shape index (κ2) is 4.15. The summed E-state index contributed by atoms with van der Waals surface area (Å²) in [5, 5.41) is 1.39. The zero-order chi connectivity index (χ0) is 8.27. The Balaban J connectivity index is 2.96. The zero-order valence-corrected chi connectivity index (χ0v) is 9.91. The molecule has 0 nitrogen and oxygen atoms in total. The number of rotatable bonds is 2. The lowest BCUT2D eigenvalue weighted by molar-refractivity contribution is 1.13. The van der Waals surface area contributed by atoms with Crippen LogP contribution in [0.2, 0.25) is 16.1 Å². The number of hydrogen-bond donors (Lipinski definition) is 0. The van der Waals surface area contributed by atoms with E-state index in [0.29, 0.717) is 5.02 Å². The van der Waals surface area contributed by atoms with Crippen molar-refractivity contribution in [2.75, 3.05) is 0 Å². The van der Waals surface area contributed by atoms with Crippen LogP contribution in [0.4, 0.5) is 0 Å². The van der Waals surface area contributed by atoms with Gasteiger partial charge in [-0.05, 0) is 18.1 Å². The Kier molecular flexibility index (Phi) is 3.43. The van der Waals surface area contributed by atoms with Gasteiger partial charge in [-0.1, -0.05) is 41.4 Å². The van der Waals surface area contributed by atoms with Crippen LogP contribution in [0.15, 0.2) is 18.2 Å². The van der Waals surface area contributed by atoms with E-state index in [1.807, 2.05) is 18.2 Å². The maximum absolute atomic E-state index is 5.96. The van der Waals surface area contributed by atoms with Crippen LogP contribution in [0.3, 0.4) is 0 Å². The largest absolute Gasteiger partial charge is 0.0827 e. The molecule has 1 aromatic rings. The minimum absolute atomic E-state index is 0.666. The first kappa shape index (κ1) is 9.11. The highest BCUT2D eigenvalue weighted by Gasteiger charge is 2.01. The predicted molar refractivity (Wildman–Crippen MR) is 54.9 cm³/mol. The predicted octanol–water partition coefficient (Wildman–Crippen LogP) is 2.32. The van der Waals surface area contributed by atoms with Crippen molar-refractivity contribution >= 4 is 33.4 Å². The number of hydrogen-bond acceptors (Lipinski definition) is 0. The molecule has 0 unspecified atom stereocenters. The summed E-state index contributed by atoms with van der Waals surface area (Å²) in [5.74, 6) is 0. The van der Waals surface area contributed by atoms with Crippen LogP contribution in [0.5, 0.6) is 0 Å². The molecule has 0 amide bonds. The van der Waals surface area contributed by atoms with E-state index in [4.69, 9.17) is 23.2 Å². The van der Waals surface area contributed by atoms with Gasteiger partial charge in [0.05, 0.1) is 10.0 Å². The summed E-state index contributed by atoms with van der Waals surface area (Å²) < 4.78 is 0. The van der Waals surface area contributed by atoms with Crippen LogP contribution in [0.1, 0.15) is 5.56 Å². The quantitative estimate of drug-likeness (QED) is 0.650. The van der Waals surface area contributed by atoms with Gasteiger partial charge in [0.1, 0.15) is 0 Å². The standard InChI is InChI=1S/C8H10Cl2Si/c9-7-3-1-2-6(4-5-11)8(7)10/h1-3H,4-5H2,11H3. The molecule has 1 aromatic carbocycles.